The van der Waals surface area contributed by atoms with E-state index in [0.29, 0.717) is 0 Å². The number of furan rings is 1. The maximum Gasteiger partial charge on any atom is 0.143 e. The second-order valence-corrected chi connectivity index (χ2v) is 8.31. The largest absolute Gasteiger partial charge is 0.455 e. The van der Waals surface area contributed by atoms with Gasteiger partial charge in [0.05, 0.1) is 0 Å². The van der Waals surface area contributed by atoms with E-state index >= 15 is 0 Å². The van der Waals surface area contributed by atoms with Crippen molar-refractivity contribution in [2.75, 3.05) is 0 Å². The highest BCUT2D eigenvalue weighted by molar-refractivity contribution is 9.10. The molecule has 0 N–H and O–H groups in total. The van der Waals surface area contributed by atoms with Crippen LogP contribution in [-0.2, 0) is 0 Å². The third-order valence-electron chi connectivity index (χ3n) is 4.82. The molecular formula is C24H14Br2O. The minimum absolute atomic E-state index is 0.899. The van der Waals surface area contributed by atoms with Crippen molar-refractivity contribution in [3.8, 4) is 22.5 Å². The predicted octanol–water partition coefficient (Wildman–Crippen LogP) is 8.45. The van der Waals surface area contributed by atoms with Crippen molar-refractivity contribution in [1.82, 2.24) is 0 Å². The van der Waals surface area contributed by atoms with Crippen molar-refractivity contribution in [1.29, 1.82) is 0 Å². The molecule has 0 aliphatic carbocycles. The molecule has 5 aromatic rings. The topological polar surface area (TPSA) is 13.1 Å². The molecule has 3 heteroatoms. The molecule has 4 aromatic carbocycles. The second-order valence-electron chi connectivity index (χ2n) is 6.48. The second kappa shape index (κ2) is 6.66. The van der Waals surface area contributed by atoms with Crippen LogP contribution in [0.2, 0.25) is 0 Å². The lowest BCUT2D eigenvalue weighted by Gasteiger charge is -2.05. The van der Waals surface area contributed by atoms with Crippen molar-refractivity contribution in [3.63, 3.8) is 0 Å². The van der Waals surface area contributed by atoms with Crippen LogP contribution in [0.3, 0.4) is 0 Å². The molecule has 0 aliphatic rings. The maximum absolute atomic E-state index is 6.50. The predicted molar refractivity (Wildman–Crippen MR) is 120 cm³/mol. The van der Waals surface area contributed by atoms with Crippen molar-refractivity contribution in [2.24, 2.45) is 0 Å². The van der Waals surface area contributed by atoms with Crippen LogP contribution in [-0.4, -0.2) is 0 Å². The van der Waals surface area contributed by atoms with Gasteiger partial charge in [-0.3, -0.25) is 0 Å². The zero-order valence-corrected chi connectivity index (χ0v) is 17.4. The molecule has 0 amide bonds. The Morgan fingerprint density at radius 1 is 0.556 bits per heavy atom. The smallest absolute Gasteiger partial charge is 0.143 e. The normalized spacial score (nSPS) is 11.3. The van der Waals surface area contributed by atoms with Crippen LogP contribution in [0.4, 0.5) is 0 Å². The van der Waals surface area contributed by atoms with Crippen LogP contribution in [0.5, 0.6) is 0 Å². The Bertz CT molecular complexity index is 1270. The number of fused-ring (bicyclic) bond motifs is 3. The summed E-state index contributed by atoms with van der Waals surface area (Å²) in [6.07, 6.45) is 0. The molecule has 0 spiro atoms. The van der Waals surface area contributed by atoms with Gasteiger partial charge in [-0.25, -0.2) is 0 Å². The third-order valence-corrected chi connectivity index (χ3v) is 5.88. The van der Waals surface area contributed by atoms with Gasteiger partial charge in [0.25, 0.3) is 0 Å². The Kier molecular flexibility index (Phi) is 4.14. The Morgan fingerprint density at radius 2 is 1.19 bits per heavy atom. The molecule has 0 aliphatic heterocycles. The Hall–Kier alpha value is -2.36. The van der Waals surface area contributed by atoms with Crippen molar-refractivity contribution < 1.29 is 4.42 Å². The Labute approximate surface area is 173 Å². The minimum Gasteiger partial charge on any atom is -0.455 e. The van der Waals surface area contributed by atoms with Gasteiger partial charge in [0.2, 0.25) is 0 Å². The SMILES string of the molecule is Brc1ccc(-c2oc3c(ccc4ccccc43)c2-c2ccc(Br)cc2)cc1. The first-order valence-electron chi connectivity index (χ1n) is 8.67. The van der Waals surface area contributed by atoms with Crippen molar-refractivity contribution in [3.05, 3.63) is 93.9 Å². The molecule has 1 aromatic heterocycles. The van der Waals surface area contributed by atoms with Gasteiger partial charge in [-0.05, 0) is 41.3 Å². The summed E-state index contributed by atoms with van der Waals surface area (Å²) in [6.45, 7) is 0. The highest BCUT2D eigenvalue weighted by atomic mass is 79.9. The number of hydrogen-bond donors (Lipinski definition) is 0. The summed E-state index contributed by atoms with van der Waals surface area (Å²) in [6, 6.07) is 29.4. The lowest BCUT2D eigenvalue weighted by Crippen LogP contribution is -1.81. The van der Waals surface area contributed by atoms with E-state index < -0.39 is 0 Å². The quantitative estimate of drug-likeness (QED) is 0.248. The maximum atomic E-state index is 6.50. The number of halogens is 2. The summed E-state index contributed by atoms with van der Waals surface area (Å²) in [4.78, 5) is 0. The molecular weight excluding hydrogens is 464 g/mol. The fraction of sp³-hybridized carbons (Fsp3) is 0. The summed E-state index contributed by atoms with van der Waals surface area (Å²) in [5, 5.41) is 3.45. The highest BCUT2D eigenvalue weighted by Gasteiger charge is 2.19. The van der Waals surface area contributed by atoms with Crippen molar-refractivity contribution >= 4 is 53.6 Å². The zero-order chi connectivity index (χ0) is 18.4. The lowest BCUT2D eigenvalue weighted by atomic mass is 9.97. The minimum atomic E-state index is 0.899. The average molecular weight is 478 g/mol. The van der Waals surface area contributed by atoms with E-state index in [0.717, 1.165) is 47.8 Å². The first-order chi connectivity index (χ1) is 13.2. The molecule has 0 radical (unpaired) electrons. The monoisotopic (exact) mass is 476 g/mol. The van der Waals surface area contributed by atoms with Gasteiger partial charge in [-0.1, -0.05) is 86.5 Å². The molecule has 1 heterocycles. The van der Waals surface area contributed by atoms with Gasteiger partial charge in [0.1, 0.15) is 11.3 Å². The van der Waals surface area contributed by atoms with E-state index in [9.17, 15) is 0 Å². The summed E-state index contributed by atoms with van der Waals surface area (Å²) in [7, 11) is 0. The average Bonchev–Trinajstić information content (AvgIpc) is 3.09. The van der Waals surface area contributed by atoms with Crippen LogP contribution >= 0.6 is 31.9 Å². The van der Waals surface area contributed by atoms with Crippen LogP contribution in [0.25, 0.3) is 44.2 Å². The fourth-order valence-electron chi connectivity index (χ4n) is 3.53. The number of rotatable bonds is 2. The molecule has 0 bridgehead atoms. The summed E-state index contributed by atoms with van der Waals surface area (Å²) < 4.78 is 8.61. The van der Waals surface area contributed by atoms with Gasteiger partial charge in [0, 0.05) is 30.8 Å². The lowest BCUT2D eigenvalue weighted by molar-refractivity contribution is 0.636. The number of benzene rings is 4. The van der Waals surface area contributed by atoms with Gasteiger partial charge in [-0.15, -0.1) is 0 Å². The first-order valence-corrected chi connectivity index (χ1v) is 10.3. The van der Waals surface area contributed by atoms with E-state index in [4.69, 9.17) is 4.42 Å². The standard InChI is InChI=1S/C24H14Br2O/c25-18-10-5-16(6-11-18)22-21-14-9-15-3-1-2-4-20(15)24(21)27-23(22)17-7-12-19(26)13-8-17/h1-14H. The van der Waals surface area contributed by atoms with Crippen LogP contribution in [0, 0.1) is 0 Å². The van der Waals surface area contributed by atoms with E-state index in [1.165, 1.54) is 5.39 Å². The molecule has 130 valence electrons. The van der Waals surface area contributed by atoms with Gasteiger partial charge in [0.15, 0.2) is 0 Å². The van der Waals surface area contributed by atoms with E-state index in [2.05, 4.69) is 105 Å². The summed E-state index contributed by atoms with van der Waals surface area (Å²) in [5.41, 5.74) is 4.27. The number of hydrogen-bond acceptors (Lipinski definition) is 1. The van der Waals surface area contributed by atoms with Crippen molar-refractivity contribution in [2.45, 2.75) is 0 Å². The molecule has 0 atom stereocenters. The van der Waals surface area contributed by atoms with E-state index in [-0.39, 0.29) is 0 Å². The molecule has 27 heavy (non-hydrogen) atoms. The third kappa shape index (κ3) is 2.91. The molecule has 0 saturated carbocycles. The molecule has 0 saturated heterocycles. The summed E-state index contributed by atoms with van der Waals surface area (Å²) >= 11 is 7.05. The molecule has 0 fully saturated rings. The van der Waals surface area contributed by atoms with E-state index in [1.54, 1.807) is 0 Å². The summed E-state index contributed by atoms with van der Waals surface area (Å²) in [5.74, 6) is 0.899. The van der Waals surface area contributed by atoms with Crippen LogP contribution in [0.15, 0.2) is 98.3 Å². The Morgan fingerprint density at radius 3 is 1.89 bits per heavy atom. The zero-order valence-electron chi connectivity index (χ0n) is 14.2. The van der Waals surface area contributed by atoms with Gasteiger partial charge < -0.3 is 4.42 Å². The Balaban J connectivity index is 1.88. The van der Waals surface area contributed by atoms with E-state index in [1.807, 2.05) is 12.1 Å². The van der Waals surface area contributed by atoms with Crippen LogP contribution in [0.1, 0.15) is 0 Å². The highest BCUT2D eigenvalue weighted by Crippen LogP contribution is 2.43. The van der Waals surface area contributed by atoms with Gasteiger partial charge in [-0.2, -0.15) is 0 Å². The molecule has 5 rings (SSSR count). The van der Waals surface area contributed by atoms with Gasteiger partial charge >= 0.3 is 0 Å². The molecule has 0 unspecified atom stereocenters. The molecule has 1 nitrogen and oxygen atoms in total. The van der Waals surface area contributed by atoms with Crippen LogP contribution < -0.4 is 0 Å². The first kappa shape index (κ1) is 16.8. The fourth-order valence-corrected chi connectivity index (χ4v) is 4.06.